The van der Waals surface area contributed by atoms with Crippen molar-refractivity contribution >= 4 is 73.8 Å². The van der Waals surface area contributed by atoms with Crippen LogP contribution in [0.25, 0.3) is 56.8 Å². The van der Waals surface area contributed by atoms with E-state index >= 15 is 0 Å². The van der Waals surface area contributed by atoms with Gasteiger partial charge in [-0.15, -0.1) is 11.3 Å². The summed E-state index contributed by atoms with van der Waals surface area (Å²) in [5.41, 5.74) is 15.9. The van der Waals surface area contributed by atoms with E-state index in [2.05, 4.69) is 169 Å². The van der Waals surface area contributed by atoms with Gasteiger partial charge in [0.2, 0.25) is 0 Å². The van der Waals surface area contributed by atoms with E-state index in [0.29, 0.717) is 0 Å². The van der Waals surface area contributed by atoms with Crippen LogP contribution in [0.3, 0.4) is 0 Å². The summed E-state index contributed by atoms with van der Waals surface area (Å²) in [5, 5.41) is 5.35. The van der Waals surface area contributed by atoms with Crippen LogP contribution in [0.4, 0.5) is 5.69 Å². The van der Waals surface area contributed by atoms with Crippen LogP contribution in [0.2, 0.25) is 0 Å². The number of benzene rings is 5. The lowest BCUT2D eigenvalue weighted by Crippen LogP contribution is -2.40. The van der Waals surface area contributed by atoms with Gasteiger partial charge in [-0.3, -0.25) is 0 Å². The molecule has 0 aliphatic heterocycles. The number of hydrogen-bond acceptors (Lipinski definition) is 3. The largest absolute Gasteiger partial charge is 0.460 e. The van der Waals surface area contributed by atoms with E-state index in [9.17, 15) is 0 Å². The van der Waals surface area contributed by atoms with Crippen molar-refractivity contribution in [2.45, 2.75) is 63.3 Å². The third-order valence-corrected chi connectivity index (χ3v) is 14.7. The van der Waals surface area contributed by atoms with E-state index in [1.807, 2.05) is 11.3 Å². The molecule has 2 unspecified atom stereocenters. The van der Waals surface area contributed by atoms with Crippen molar-refractivity contribution in [3.05, 3.63) is 205 Å². The van der Waals surface area contributed by atoms with Gasteiger partial charge >= 0.3 is 0 Å². The number of anilines is 1. The fraction of sp³-hybridized carbons (Fsp3) is 0.179. The van der Waals surface area contributed by atoms with Gasteiger partial charge < -0.3 is 9.32 Å². The monoisotopic (exact) mass is 779 g/mol. The zero-order valence-corrected chi connectivity index (χ0v) is 34.0. The van der Waals surface area contributed by atoms with Gasteiger partial charge in [-0.2, -0.15) is 0 Å². The zero-order chi connectivity index (χ0) is 38.9. The second-order valence-corrected chi connectivity index (χ2v) is 17.8. The average molecular weight is 780 g/mol. The third kappa shape index (κ3) is 5.89. The van der Waals surface area contributed by atoms with E-state index in [-0.39, 0.29) is 12.0 Å². The Labute approximate surface area is 349 Å². The van der Waals surface area contributed by atoms with Crippen molar-refractivity contribution in [1.82, 2.24) is 0 Å². The molecule has 0 spiro atoms. The number of nitrogens with zero attached hydrogens (tertiary/aromatic N) is 1. The average Bonchev–Trinajstić information content (AvgIpc) is 3.89. The molecule has 12 rings (SSSR count). The summed E-state index contributed by atoms with van der Waals surface area (Å²) in [7, 11) is 0. The lowest BCUT2D eigenvalue weighted by molar-refractivity contribution is 0.516. The highest BCUT2D eigenvalue weighted by atomic mass is 32.1. The second-order valence-electron chi connectivity index (χ2n) is 16.7. The Bertz CT molecular complexity index is 3130. The third-order valence-electron chi connectivity index (χ3n) is 13.3. The highest BCUT2D eigenvalue weighted by Crippen LogP contribution is 2.43. The number of allylic oxidation sites excluding steroid dienone is 5. The smallest absolute Gasteiger partial charge is 0.134 e. The minimum absolute atomic E-state index is 0.166. The van der Waals surface area contributed by atoms with Crippen molar-refractivity contribution in [3.8, 4) is 0 Å². The standard InChI is InChI=1S/C56H45NOS/c1-2-12-37(13-3-1)47-20-10-22-50-51-23-11-24-52(56(51)59-55(47)50)57(43-16-8-15-40(35-43)46-19-9-21-49-48-18-6-7-25-53(48)58-54(46)49)42-31-28-36(29-32-42)39-30-33-45-41(34-39)27-26-38-14-4-5-17-44(38)45/h1-3,5-9,12-13,15-18,20-21,23,25-31,33-35,42,46H,4,10-11,14,19,22,24,32H2. The lowest BCUT2D eigenvalue weighted by Gasteiger charge is -2.36. The molecule has 5 aromatic carbocycles. The second kappa shape index (κ2) is 14.3. The van der Waals surface area contributed by atoms with E-state index in [0.717, 1.165) is 62.7 Å². The molecule has 2 heterocycles. The maximum Gasteiger partial charge on any atom is 0.134 e. The van der Waals surface area contributed by atoms with E-state index in [1.165, 1.54) is 92.3 Å². The highest BCUT2D eigenvalue weighted by molar-refractivity contribution is 7.11. The van der Waals surface area contributed by atoms with E-state index in [4.69, 9.17) is 4.42 Å². The minimum atomic E-state index is 0.166. The lowest BCUT2D eigenvalue weighted by atomic mass is 9.86. The maximum absolute atomic E-state index is 6.64. The molecular formula is C56H45NOS. The first-order valence-electron chi connectivity index (χ1n) is 21.5. The molecule has 2 nitrogen and oxygen atoms in total. The molecule has 0 amide bonds. The summed E-state index contributed by atoms with van der Waals surface area (Å²) < 4.78 is 8.09. The number of furan rings is 1. The van der Waals surface area contributed by atoms with Crippen LogP contribution in [0.1, 0.15) is 94.0 Å². The van der Waals surface area contributed by atoms with Crippen LogP contribution in [-0.4, -0.2) is 6.04 Å². The molecule has 3 heteroatoms. The molecule has 0 saturated carbocycles. The molecule has 0 fully saturated rings. The molecule has 0 radical (unpaired) electrons. The van der Waals surface area contributed by atoms with Crippen LogP contribution in [0.5, 0.6) is 0 Å². The summed E-state index contributed by atoms with van der Waals surface area (Å²) in [4.78, 5) is 4.17. The molecule has 0 N–H and O–H groups in total. The Hall–Kier alpha value is -6.16. The first-order valence-corrected chi connectivity index (χ1v) is 22.4. The molecule has 0 saturated heterocycles. The molecule has 59 heavy (non-hydrogen) atoms. The molecule has 2 aromatic heterocycles. The van der Waals surface area contributed by atoms with Crippen LogP contribution in [0, 0.1) is 0 Å². The molecule has 5 aliphatic carbocycles. The number of rotatable bonds is 6. The molecule has 0 bridgehead atoms. The Kier molecular flexibility index (Phi) is 8.44. The number of thiophene rings is 1. The molecule has 5 aliphatic rings. The number of aryl methyl sites for hydroxylation is 1. The summed E-state index contributed by atoms with van der Waals surface area (Å²) >= 11 is 2.02. The van der Waals surface area contributed by atoms with Crippen molar-refractivity contribution in [1.29, 1.82) is 0 Å². The van der Waals surface area contributed by atoms with Gasteiger partial charge in [-0.1, -0.05) is 140 Å². The van der Waals surface area contributed by atoms with Gasteiger partial charge in [0, 0.05) is 33.1 Å². The van der Waals surface area contributed by atoms with Crippen LogP contribution >= 0.6 is 11.3 Å². The zero-order valence-electron chi connectivity index (χ0n) is 33.2. The fourth-order valence-electron chi connectivity index (χ4n) is 10.5. The van der Waals surface area contributed by atoms with Gasteiger partial charge in [-0.05, 0) is 136 Å². The Morgan fingerprint density at radius 3 is 2.47 bits per heavy atom. The van der Waals surface area contributed by atoms with Gasteiger partial charge in [-0.25, -0.2) is 0 Å². The number of fused-ring (bicyclic) bond motifs is 9. The quantitative estimate of drug-likeness (QED) is 0.167. The van der Waals surface area contributed by atoms with E-state index < -0.39 is 0 Å². The van der Waals surface area contributed by atoms with E-state index in [1.54, 1.807) is 0 Å². The van der Waals surface area contributed by atoms with Gasteiger partial charge in [0.25, 0.3) is 0 Å². The fourth-order valence-corrected chi connectivity index (χ4v) is 12.0. The van der Waals surface area contributed by atoms with Gasteiger partial charge in [0.05, 0.1) is 10.6 Å². The first kappa shape index (κ1) is 34.8. The maximum atomic E-state index is 6.64. The van der Waals surface area contributed by atoms with Crippen LogP contribution < -0.4 is 14.7 Å². The SMILES string of the molecule is C1=Cc2c(ccc3cc(C4=CCC(N(C5=c6sc7c(c6=CCC5)CCC=C7c5ccccc5)c5cccc(C6CC=Cc7c6oc6ccccc76)c5)C=C4)ccc23)CC1. The van der Waals surface area contributed by atoms with Gasteiger partial charge in [0.1, 0.15) is 11.3 Å². The van der Waals surface area contributed by atoms with Crippen molar-refractivity contribution < 1.29 is 4.42 Å². The summed E-state index contributed by atoms with van der Waals surface area (Å²) in [5.74, 6) is 1.25. The predicted molar refractivity (Wildman–Crippen MR) is 250 cm³/mol. The van der Waals surface area contributed by atoms with Gasteiger partial charge in [0.15, 0.2) is 0 Å². The van der Waals surface area contributed by atoms with Crippen molar-refractivity contribution in [2.75, 3.05) is 4.90 Å². The molecule has 286 valence electrons. The summed E-state index contributed by atoms with van der Waals surface area (Å²) in [6.45, 7) is 0. The molecule has 2 atom stereocenters. The first-order chi connectivity index (χ1) is 29.2. The Balaban J connectivity index is 0.967. The normalized spacial score (nSPS) is 19.1. The Morgan fingerprint density at radius 1 is 0.644 bits per heavy atom. The van der Waals surface area contributed by atoms with Crippen LogP contribution in [-0.2, 0) is 12.8 Å². The number of hydrogen-bond donors (Lipinski definition) is 0. The van der Waals surface area contributed by atoms with Crippen molar-refractivity contribution in [3.63, 3.8) is 0 Å². The van der Waals surface area contributed by atoms with Crippen LogP contribution in [0.15, 0.2) is 150 Å². The summed E-state index contributed by atoms with van der Waals surface area (Å²) in [6, 6.07) is 40.8. The molecule has 7 aromatic rings. The predicted octanol–water partition coefficient (Wildman–Crippen LogP) is 13.1. The number of para-hydroxylation sites is 1. The Morgan fingerprint density at radius 2 is 1.54 bits per heavy atom. The minimum Gasteiger partial charge on any atom is -0.460 e. The highest BCUT2D eigenvalue weighted by Gasteiger charge is 2.30. The molecular weight excluding hydrogens is 735 g/mol. The summed E-state index contributed by atoms with van der Waals surface area (Å²) in [6.07, 6.45) is 30.0. The topological polar surface area (TPSA) is 16.4 Å². The van der Waals surface area contributed by atoms with Crippen molar-refractivity contribution in [2.24, 2.45) is 0 Å².